The highest BCUT2D eigenvalue weighted by Crippen LogP contribution is 2.23. The van der Waals surface area contributed by atoms with Crippen LogP contribution in [0.5, 0.6) is 0 Å². The molecule has 3 aromatic rings. The zero-order valence-corrected chi connectivity index (χ0v) is 16.0. The van der Waals surface area contributed by atoms with Gasteiger partial charge in [-0.05, 0) is 54.8 Å². The molecule has 1 unspecified atom stereocenters. The van der Waals surface area contributed by atoms with E-state index >= 15 is 0 Å². The molecule has 0 bridgehead atoms. The van der Waals surface area contributed by atoms with E-state index in [0.717, 1.165) is 36.4 Å². The van der Waals surface area contributed by atoms with E-state index in [-0.39, 0.29) is 11.7 Å². The molecular weight excluding hydrogens is 367 g/mol. The monoisotopic (exact) mass is 390 g/mol. The number of rotatable bonds is 6. The molecule has 1 amide bonds. The van der Waals surface area contributed by atoms with Gasteiger partial charge < -0.3 is 10.2 Å². The topological polar surface area (TPSA) is 50.2 Å². The van der Waals surface area contributed by atoms with E-state index in [1.807, 2.05) is 36.5 Å². The molecule has 1 atom stereocenters. The van der Waals surface area contributed by atoms with E-state index in [1.54, 1.807) is 35.2 Å². The summed E-state index contributed by atoms with van der Waals surface area (Å²) in [5, 5.41) is 7.30. The first-order valence-electron chi connectivity index (χ1n) is 9.74. The van der Waals surface area contributed by atoms with Crippen LogP contribution in [0.2, 0.25) is 0 Å². The third-order valence-corrected chi connectivity index (χ3v) is 5.09. The molecule has 2 heterocycles. The normalized spacial score (nSPS) is 16.4. The molecule has 5 nitrogen and oxygen atoms in total. The van der Waals surface area contributed by atoms with Crippen LogP contribution in [0.3, 0.4) is 0 Å². The van der Waals surface area contributed by atoms with Gasteiger partial charge in [0.15, 0.2) is 0 Å². The van der Waals surface area contributed by atoms with Gasteiger partial charge in [0.25, 0.3) is 0 Å². The van der Waals surface area contributed by atoms with Crippen LogP contribution in [0.4, 0.5) is 10.1 Å². The van der Waals surface area contributed by atoms with Crippen molar-refractivity contribution in [3.63, 3.8) is 0 Å². The molecule has 0 radical (unpaired) electrons. The lowest BCUT2D eigenvalue weighted by Crippen LogP contribution is -2.29. The lowest BCUT2D eigenvalue weighted by molar-refractivity contribution is -0.116. The summed E-state index contributed by atoms with van der Waals surface area (Å²) in [6.07, 6.45) is 7.93. The summed E-state index contributed by atoms with van der Waals surface area (Å²) in [6, 6.07) is 16.4. The van der Waals surface area contributed by atoms with Gasteiger partial charge in [-0.1, -0.05) is 18.2 Å². The molecule has 0 aliphatic carbocycles. The third kappa shape index (κ3) is 4.90. The van der Waals surface area contributed by atoms with Gasteiger partial charge in [0.05, 0.1) is 11.9 Å². The molecule has 29 heavy (non-hydrogen) atoms. The highest BCUT2D eigenvalue weighted by molar-refractivity contribution is 5.91. The Morgan fingerprint density at radius 2 is 1.93 bits per heavy atom. The second-order valence-corrected chi connectivity index (χ2v) is 7.21. The number of aromatic nitrogens is 2. The highest BCUT2D eigenvalue weighted by atomic mass is 19.1. The van der Waals surface area contributed by atoms with Gasteiger partial charge in [0.2, 0.25) is 5.91 Å². The number of anilines is 1. The fraction of sp³-hybridized carbons (Fsp3) is 0.217. The molecule has 0 saturated carbocycles. The van der Waals surface area contributed by atoms with Crippen LogP contribution in [0.15, 0.2) is 73.1 Å². The number of hydrogen-bond donors (Lipinski definition) is 1. The standard InChI is InChI=1S/C23H23FN4O/c24-20-7-9-21(10-8-20)27-13-12-19(16-27)14-25-23(29)11-6-18-15-26-28(17-18)22-4-2-1-3-5-22/h1-11,15,17,19H,12-14,16H2,(H,25,29). The molecule has 1 fully saturated rings. The van der Waals surface area contributed by atoms with Crippen LogP contribution in [0.25, 0.3) is 11.8 Å². The van der Waals surface area contributed by atoms with Crippen molar-refractivity contribution in [1.29, 1.82) is 0 Å². The quantitative estimate of drug-likeness (QED) is 0.654. The van der Waals surface area contributed by atoms with Crippen molar-refractivity contribution in [3.8, 4) is 5.69 Å². The number of nitrogens with one attached hydrogen (secondary N) is 1. The Morgan fingerprint density at radius 3 is 2.72 bits per heavy atom. The smallest absolute Gasteiger partial charge is 0.244 e. The Bertz CT molecular complexity index is 982. The van der Waals surface area contributed by atoms with Crippen LogP contribution < -0.4 is 10.2 Å². The van der Waals surface area contributed by atoms with Crippen molar-refractivity contribution in [3.05, 3.63) is 84.4 Å². The average molecular weight is 390 g/mol. The minimum atomic E-state index is -0.224. The second-order valence-electron chi connectivity index (χ2n) is 7.21. The molecule has 1 aliphatic rings. The molecule has 4 rings (SSSR count). The van der Waals surface area contributed by atoms with E-state index in [9.17, 15) is 9.18 Å². The molecule has 2 aromatic carbocycles. The number of hydrogen-bond acceptors (Lipinski definition) is 3. The van der Waals surface area contributed by atoms with Crippen LogP contribution >= 0.6 is 0 Å². The fourth-order valence-electron chi connectivity index (χ4n) is 3.51. The Morgan fingerprint density at radius 1 is 1.14 bits per heavy atom. The van der Waals surface area contributed by atoms with Gasteiger partial charge >= 0.3 is 0 Å². The number of nitrogens with zero attached hydrogens (tertiary/aromatic N) is 3. The molecule has 148 valence electrons. The summed E-state index contributed by atoms with van der Waals surface area (Å²) in [5.41, 5.74) is 2.87. The minimum Gasteiger partial charge on any atom is -0.371 e. The Balaban J connectivity index is 1.25. The van der Waals surface area contributed by atoms with E-state index in [1.165, 1.54) is 12.1 Å². The Kier molecular flexibility index (Phi) is 5.70. The minimum absolute atomic E-state index is 0.113. The first-order valence-corrected chi connectivity index (χ1v) is 9.74. The third-order valence-electron chi connectivity index (χ3n) is 5.09. The maximum atomic E-state index is 13.1. The summed E-state index contributed by atoms with van der Waals surface area (Å²) < 4.78 is 14.8. The fourth-order valence-corrected chi connectivity index (χ4v) is 3.51. The summed E-state index contributed by atoms with van der Waals surface area (Å²) in [4.78, 5) is 14.4. The lowest BCUT2D eigenvalue weighted by atomic mass is 10.1. The van der Waals surface area contributed by atoms with Crippen LogP contribution in [-0.4, -0.2) is 35.3 Å². The van der Waals surface area contributed by atoms with Gasteiger partial charge in [0.1, 0.15) is 5.82 Å². The number of carbonyl (C=O) groups excluding carboxylic acids is 1. The Hall–Kier alpha value is -3.41. The molecule has 1 aromatic heterocycles. The first-order chi connectivity index (χ1) is 14.2. The van der Waals surface area contributed by atoms with Crippen molar-refractivity contribution < 1.29 is 9.18 Å². The zero-order chi connectivity index (χ0) is 20.1. The molecule has 1 saturated heterocycles. The molecule has 0 spiro atoms. The van der Waals surface area contributed by atoms with E-state index < -0.39 is 0 Å². The first kappa shape index (κ1) is 18.9. The van der Waals surface area contributed by atoms with E-state index in [2.05, 4.69) is 15.3 Å². The predicted molar refractivity (Wildman–Crippen MR) is 112 cm³/mol. The number of amides is 1. The van der Waals surface area contributed by atoms with E-state index in [0.29, 0.717) is 12.5 Å². The number of para-hydroxylation sites is 1. The van der Waals surface area contributed by atoms with Crippen molar-refractivity contribution in [2.45, 2.75) is 6.42 Å². The van der Waals surface area contributed by atoms with Crippen molar-refractivity contribution in [2.24, 2.45) is 5.92 Å². The summed E-state index contributed by atoms with van der Waals surface area (Å²) in [7, 11) is 0. The summed E-state index contributed by atoms with van der Waals surface area (Å²) in [5.74, 6) is 0.0498. The number of benzene rings is 2. The zero-order valence-electron chi connectivity index (χ0n) is 16.0. The molecule has 1 N–H and O–H groups in total. The predicted octanol–water partition coefficient (Wildman–Crippen LogP) is 3.67. The molecular formula is C23H23FN4O. The Labute approximate surface area is 169 Å². The molecule has 1 aliphatic heterocycles. The largest absolute Gasteiger partial charge is 0.371 e. The maximum Gasteiger partial charge on any atom is 0.244 e. The number of halogens is 1. The van der Waals surface area contributed by atoms with Crippen LogP contribution in [-0.2, 0) is 4.79 Å². The molecule has 6 heteroatoms. The van der Waals surface area contributed by atoms with Crippen LogP contribution in [0, 0.1) is 11.7 Å². The van der Waals surface area contributed by atoms with Gasteiger partial charge in [-0.25, -0.2) is 9.07 Å². The second kappa shape index (κ2) is 8.73. The van der Waals surface area contributed by atoms with Gasteiger partial charge in [0, 0.05) is 43.2 Å². The SMILES string of the molecule is O=C(C=Cc1cnn(-c2ccccc2)c1)NCC1CCN(c2ccc(F)cc2)C1. The summed E-state index contributed by atoms with van der Waals surface area (Å²) in [6.45, 7) is 2.41. The van der Waals surface area contributed by atoms with Gasteiger partial charge in [-0.3, -0.25) is 4.79 Å². The van der Waals surface area contributed by atoms with Crippen LogP contribution in [0.1, 0.15) is 12.0 Å². The van der Waals surface area contributed by atoms with E-state index in [4.69, 9.17) is 0 Å². The van der Waals surface area contributed by atoms with Crippen molar-refractivity contribution in [1.82, 2.24) is 15.1 Å². The van der Waals surface area contributed by atoms with Gasteiger partial charge in [-0.15, -0.1) is 0 Å². The number of carbonyl (C=O) groups is 1. The average Bonchev–Trinajstić information content (AvgIpc) is 3.42. The lowest BCUT2D eigenvalue weighted by Gasteiger charge is -2.18. The van der Waals surface area contributed by atoms with Gasteiger partial charge in [-0.2, -0.15) is 5.10 Å². The van der Waals surface area contributed by atoms with Crippen molar-refractivity contribution >= 4 is 17.7 Å². The highest BCUT2D eigenvalue weighted by Gasteiger charge is 2.22. The van der Waals surface area contributed by atoms with Crippen molar-refractivity contribution in [2.75, 3.05) is 24.5 Å². The maximum absolute atomic E-state index is 13.1. The summed E-state index contributed by atoms with van der Waals surface area (Å²) >= 11 is 0.